The lowest BCUT2D eigenvalue weighted by Crippen LogP contribution is -2.38. The van der Waals surface area contributed by atoms with E-state index in [4.69, 9.17) is 0 Å². The number of aliphatic hydroxyl groups excluding tert-OH is 1. The number of nitrogens with zero attached hydrogens (tertiary/aromatic N) is 1. The summed E-state index contributed by atoms with van der Waals surface area (Å²) >= 11 is 0. The average Bonchev–Trinajstić information content (AvgIpc) is 2.78. The number of rotatable bonds is 2. The molecule has 0 aliphatic carbocycles. The molecule has 1 unspecified atom stereocenters. The van der Waals surface area contributed by atoms with Gasteiger partial charge in [-0.15, -0.1) is 0 Å². The van der Waals surface area contributed by atoms with Gasteiger partial charge in [-0.3, -0.25) is 0 Å². The number of nitrogens with one attached hydrogen (secondary N) is 1. The predicted octanol–water partition coefficient (Wildman–Crippen LogP) is 2.58. The maximum Gasteiger partial charge on any atom is 0.321 e. The molecule has 1 heterocycles. The fraction of sp³-hybridized carbons (Fsp3) is 0.389. The van der Waals surface area contributed by atoms with E-state index in [0.29, 0.717) is 32.4 Å². The highest BCUT2D eigenvalue weighted by Crippen LogP contribution is 2.25. The van der Waals surface area contributed by atoms with E-state index in [1.54, 1.807) is 4.90 Å². The zero-order valence-electron chi connectivity index (χ0n) is 13.0. The van der Waals surface area contributed by atoms with Crippen molar-refractivity contribution < 1.29 is 15.0 Å². The van der Waals surface area contributed by atoms with Crippen molar-refractivity contribution in [2.24, 2.45) is 0 Å². The Labute approximate surface area is 135 Å². The number of amides is 2. The van der Waals surface area contributed by atoms with E-state index < -0.39 is 5.60 Å². The van der Waals surface area contributed by atoms with Crippen molar-refractivity contribution in [2.45, 2.75) is 24.9 Å². The molecule has 3 rings (SSSR count). The highest BCUT2D eigenvalue weighted by atomic mass is 16.3. The van der Waals surface area contributed by atoms with Crippen molar-refractivity contribution in [3.8, 4) is 0 Å². The first-order chi connectivity index (χ1) is 11.1. The third-order valence-corrected chi connectivity index (χ3v) is 4.53. The first-order valence-corrected chi connectivity index (χ1v) is 7.98. The van der Waals surface area contributed by atoms with Crippen molar-refractivity contribution in [1.82, 2.24) is 4.90 Å². The summed E-state index contributed by atoms with van der Waals surface area (Å²) in [7, 11) is 0. The summed E-state index contributed by atoms with van der Waals surface area (Å²) in [5, 5.41) is 24.5. The van der Waals surface area contributed by atoms with Crippen LogP contribution >= 0.6 is 0 Å². The maximum absolute atomic E-state index is 12.5. The quantitative estimate of drug-likeness (QED) is 0.798. The van der Waals surface area contributed by atoms with Gasteiger partial charge in [-0.1, -0.05) is 36.4 Å². The second-order valence-electron chi connectivity index (χ2n) is 6.18. The third kappa shape index (κ3) is 3.46. The summed E-state index contributed by atoms with van der Waals surface area (Å²) in [6.07, 6.45) is 1.59. The molecule has 0 bridgehead atoms. The zero-order valence-corrected chi connectivity index (χ0v) is 13.0. The molecule has 0 saturated carbocycles. The summed E-state index contributed by atoms with van der Waals surface area (Å²) in [6.45, 7) is 0.762. The molecule has 2 amide bonds. The fourth-order valence-electron chi connectivity index (χ4n) is 3.07. The first-order valence-electron chi connectivity index (χ1n) is 7.98. The highest BCUT2D eigenvalue weighted by Gasteiger charge is 2.30. The number of urea groups is 1. The molecule has 0 radical (unpaired) electrons. The zero-order chi connectivity index (χ0) is 16.3. The van der Waals surface area contributed by atoms with Crippen LogP contribution in [-0.2, 0) is 0 Å². The summed E-state index contributed by atoms with van der Waals surface area (Å²) in [6, 6.07) is 13.6. The van der Waals surface area contributed by atoms with Gasteiger partial charge in [0.25, 0.3) is 0 Å². The molecule has 1 aliphatic heterocycles. The smallest absolute Gasteiger partial charge is 0.321 e. The summed E-state index contributed by atoms with van der Waals surface area (Å²) in [5.74, 6) is 0. The van der Waals surface area contributed by atoms with Crippen LogP contribution in [0.4, 0.5) is 10.5 Å². The van der Waals surface area contributed by atoms with Gasteiger partial charge in [0.1, 0.15) is 0 Å². The Balaban J connectivity index is 1.74. The Morgan fingerprint density at radius 3 is 2.74 bits per heavy atom. The van der Waals surface area contributed by atoms with E-state index in [2.05, 4.69) is 5.32 Å². The molecular formula is C18H22N2O3. The van der Waals surface area contributed by atoms with Gasteiger partial charge in [-0.2, -0.15) is 0 Å². The first kappa shape index (κ1) is 15.8. The van der Waals surface area contributed by atoms with Crippen molar-refractivity contribution in [1.29, 1.82) is 0 Å². The number of benzene rings is 2. The Morgan fingerprint density at radius 2 is 1.91 bits per heavy atom. The molecule has 2 aromatic rings. The minimum Gasteiger partial charge on any atom is -0.393 e. The van der Waals surface area contributed by atoms with Crippen LogP contribution in [0.25, 0.3) is 10.8 Å². The minimum absolute atomic E-state index is 0.163. The maximum atomic E-state index is 12.5. The van der Waals surface area contributed by atoms with Crippen molar-refractivity contribution >= 4 is 22.5 Å². The molecule has 5 heteroatoms. The molecule has 3 N–H and O–H groups in total. The van der Waals surface area contributed by atoms with Crippen LogP contribution in [0, 0.1) is 0 Å². The number of carbonyl (C=O) groups is 1. The summed E-state index contributed by atoms with van der Waals surface area (Å²) < 4.78 is 0. The topological polar surface area (TPSA) is 72.8 Å². The Kier molecular flexibility index (Phi) is 4.50. The van der Waals surface area contributed by atoms with Gasteiger partial charge in [0.05, 0.1) is 17.9 Å². The second-order valence-corrected chi connectivity index (χ2v) is 6.18. The van der Waals surface area contributed by atoms with E-state index in [1.807, 2.05) is 42.5 Å². The Morgan fingerprint density at radius 1 is 1.13 bits per heavy atom. The monoisotopic (exact) mass is 314 g/mol. The number of anilines is 1. The van der Waals surface area contributed by atoms with Crippen LogP contribution in [0.15, 0.2) is 42.5 Å². The molecule has 1 aliphatic rings. The lowest BCUT2D eigenvalue weighted by Gasteiger charge is -2.24. The second kappa shape index (κ2) is 6.56. The molecule has 0 aromatic heterocycles. The molecule has 1 fully saturated rings. The third-order valence-electron chi connectivity index (χ3n) is 4.53. The van der Waals surface area contributed by atoms with Crippen LogP contribution in [0.5, 0.6) is 0 Å². The van der Waals surface area contributed by atoms with Gasteiger partial charge in [0, 0.05) is 18.5 Å². The van der Waals surface area contributed by atoms with Crippen molar-refractivity contribution in [3.63, 3.8) is 0 Å². The summed E-state index contributed by atoms with van der Waals surface area (Å²) in [5.41, 5.74) is -0.274. The minimum atomic E-state index is -1.06. The number of likely N-dealkylation sites (tertiary alicyclic amines) is 1. The van der Waals surface area contributed by atoms with Gasteiger partial charge in [0.2, 0.25) is 0 Å². The van der Waals surface area contributed by atoms with Crippen LogP contribution in [-0.4, -0.2) is 46.4 Å². The molecule has 122 valence electrons. The predicted molar refractivity (Wildman–Crippen MR) is 90.4 cm³/mol. The normalized spacial score (nSPS) is 21.9. The van der Waals surface area contributed by atoms with Crippen LogP contribution in [0.1, 0.15) is 19.3 Å². The van der Waals surface area contributed by atoms with Gasteiger partial charge in [-0.25, -0.2) is 4.79 Å². The van der Waals surface area contributed by atoms with Crippen LogP contribution in [0.2, 0.25) is 0 Å². The van der Waals surface area contributed by atoms with Crippen LogP contribution in [0.3, 0.4) is 0 Å². The van der Waals surface area contributed by atoms with Gasteiger partial charge < -0.3 is 20.4 Å². The number of carbonyl (C=O) groups excluding carboxylic acids is 1. The Hall–Kier alpha value is -2.11. The molecular weight excluding hydrogens is 292 g/mol. The average molecular weight is 314 g/mol. The van der Waals surface area contributed by atoms with E-state index >= 15 is 0 Å². The lowest BCUT2D eigenvalue weighted by atomic mass is 9.96. The molecule has 2 aromatic carbocycles. The van der Waals surface area contributed by atoms with E-state index in [0.717, 1.165) is 16.5 Å². The molecule has 0 spiro atoms. The van der Waals surface area contributed by atoms with Gasteiger partial charge >= 0.3 is 6.03 Å². The SMILES string of the molecule is O=C(Nc1cccc2ccccc12)N1CCCC(O)(CO)CC1. The van der Waals surface area contributed by atoms with Gasteiger partial charge in [0.15, 0.2) is 0 Å². The molecule has 23 heavy (non-hydrogen) atoms. The number of hydrogen-bond acceptors (Lipinski definition) is 3. The van der Waals surface area contributed by atoms with Crippen LogP contribution < -0.4 is 5.32 Å². The highest BCUT2D eigenvalue weighted by molar-refractivity contribution is 6.01. The van der Waals surface area contributed by atoms with E-state index in [-0.39, 0.29) is 12.6 Å². The fourth-order valence-corrected chi connectivity index (χ4v) is 3.07. The van der Waals surface area contributed by atoms with Crippen molar-refractivity contribution in [3.05, 3.63) is 42.5 Å². The van der Waals surface area contributed by atoms with Gasteiger partial charge in [-0.05, 0) is 30.7 Å². The molecule has 5 nitrogen and oxygen atoms in total. The largest absolute Gasteiger partial charge is 0.393 e. The number of hydrogen-bond donors (Lipinski definition) is 3. The summed E-state index contributed by atoms with van der Waals surface area (Å²) in [4.78, 5) is 14.2. The Bertz CT molecular complexity index is 698. The lowest BCUT2D eigenvalue weighted by molar-refractivity contribution is -0.0247. The molecule has 1 atom stereocenters. The standard InChI is InChI=1S/C18H22N2O3/c21-13-18(23)9-4-11-20(12-10-18)17(22)19-16-8-3-6-14-5-1-2-7-15(14)16/h1-3,5-8,21,23H,4,9-13H2,(H,19,22). The van der Waals surface area contributed by atoms with Crippen molar-refractivity contribution in [2.75, 3.05) is 25.0 Å². The molecule has 1 saturated heterocycles. The number of fused-ring (bicyclic) bond motifs is 1. The van der Waals surface area contributed by atoms with E-state index in [1.165, 1.54) is 0 Å². The van der Waals surface area contributed by atoms with E-state index in [9.17, 15) is 15.0 Å². The number of aliphatic hydroxyl groups is 2.